The smallest absolute Gasteiger partial charge is 0.404 e. The van der Waals surface area contributed by atoms with Crippen LogP contribution in [0.5, 0.6) is 0 Å². The summed E-state index contributed by atoms with van der Waals surface area (Å²) >= 11 is 0. The first-order valence-corrected chi connectivity index (χ1v) is 8.82. The predicted octanol–water partition coefficient (Wildman–Crippen LogP) is 1.96. The zero-order chi connectivity index (χ0) is 23.2. The molecule has 0 saturated carbocycles. The molecule has 0 saturated heterocycles. The van der Waals surface area contributed by atoms with Crippen LogP contribution in [0.2, 0.25) is 0 Å². The van der Waals surface area contributed by atoms with Crippen molar-refractivity contribution in [1.82, 2.24) is 10.3 Å². The summed E-state index contributed by atoms with van der Waals surface area (Å²) in [4.78, 5) is 16.4. The summed E-state index contributed by atoms with van der Waals surface area (Å²) in [5.41, 5.74) is 17.6. The summed E-state index contributed by atoms with van der Waals surface area (Å²) in [6, 6.07) is 8.03. The number of aromatic nitrogens is 1. The molecule has 2 aromatic rings. The second-order valence-electron chi connectivity index (χ2n) is 6.41. The lowest BCUT2D eigenvalue weighted by Gasteiger charge is -2.19. The van der Waals surface area contributed by atoms with Crippen LogP contribution < -0.4 is 33.4 Å². The molecule has 164 valence electrons. The van der Waals surface area contributed by atoms with Crippen molar-refractivity contribution in [1.29, 1.82) is 0 Å². The van der Waals surface area contributed by atoms with Crippen molar-refractivity contribution < 1.29 is 18.0 Å². The van der Waals surface area contributed by atoms with Gasteiger partial charge in [0.2, 0.25) is 0 Å². The minimum atomic E-state index is -4.71. The molecule has 0 atom stereocenters. The molecule has 0 aliphatic carbocycles. The highest BCUT2D eigenvalue weighted by Crippen LogP contribution is 2.26. The molecule has 0 bridgehead atoms. The Morgan fingerprint density at radius 3 is 2.48 bits per heavy atom. The van der Waals surface area contributed by atoms with Gasteiger partial charge in [0.05, 0.1) is 17.0 Å². The van der Waals surface area contributed by atoms with Crippen LogP contribution in [-0.4, -0.2) is 17.1 Å². The lowest BCUT2D eigenvalue weighted by molar-refractivity contribution is -0.0884. The topological polar surface area (TPSA) is 149 Å². The fraction of sp³-hybridized carbons (Fsp3) is 0.100. The number of carbonyl (C=O) groups is 1. The lowest BCUT2D eigenvalue weighted by Crippen LogP contribution is -2.30. The molecule has 1 heterocycles. The third-order valence-corrected chi connectivity index (χ3v) is 4.10. The quantitative estimate of drug-likeness (QED) is 0.266. The molecule has 1 aromatic heterocycles. The van der Waals surface area contributed by atoms with Crippen LogP contribution in [0.25, 0.3) is 5.70 Å². The summed E-state index contributed by atoms with van der Waals surface area (Å²) in [7, 11) is 0. The van der Waals surface area contributed by atoms with Crippen molar-refractivity contribution in [2.24, 2.45) is 23.0 Å². The van der Waals surface area contributed by atoms with Gasteiger partial charge in [-0.3, -0.25) is 14.8 Å². The normalized spacial score (nSPS) is 13.1. The number of rotatable bonds is 6. The number of aryl methyl sites for hydroxylation is 1. The number of hydrazine groups is 1. The standard InChI is InChI=1S/C20H22F3N7O/c1-12-4-5-13(19(31)29-18(26)8-15(9-24)20(21,22)23)7-17(12)30(27)11-16(25)14-3-2-6-28-10-14/h2-11H,24-27H2,1H3,(H,29,31)/b15-9+,16-11-,18-8+. The Bertz CT molecular complexity index is 1030. The van der Waals surface area contributed by atoms with Gasteiger partial charge in [0.1, 0.15) is 5.82 Å². The number of pyridine rings is 1. The number of benzene rings is 1. The highest BCUT2D eigenvalue weighted by Gasteiger charge is 2.32. The molecule has 1 aromatic carbocycles. The number of hydrogen-bond acceptors (Lipinski definition) is 7. The molecule has 0 fully saturated rings. The number of carbonyl (C=O) groups excluding carboxylic acids is 1. The first-order chi connectivity index (χ1) is 14.5. The number of anilines is 1. The van der Waals surface area contributed by atoms with E-state index in [0.29, 0.717) is 29.2 Å². The van der Waals surface area contributed by atoms with Crippen molar-refractivity contribution in [3.8, 4) is 0 Å². The number of nitrogens with two attached hydrogens (primary N) is 4. The van der Waals surface area contributed by atoms with Gasteiger partial charge in [-0.05, 0) is 42.8 Å². The number of hydrogen-bond donors (Lipinski definition) is 5. The van der Waals surface area contributed by atoms with Gasteiger partial charge < -0.3 is 22.5 Å². The molecule has 0 spiro atoms. The van der Waals surface area contributed by atoms with Crippen LogP contribution >= 0.6 is 0 Å². The van der Waals surface area contributed by atoms with Gasteiger partial charge in [0, 0.05) is 35.9 Å². The third-order valence-electron chi connectivity index (χ3n) is 4.10. The maximum absolute atomic E-state index is 12.8. The van der Waals surface area contributed by atoms with E-state index in [1.807, 2.05) is 0 Å². The average molecular weight is 433 g/mol. The van der Waals surface area contributed by atoms with Gasteiger partial charge >= 0.3 is 6.18 Å². The summed E-state index contributed by atoms with van der Waals surface area (Å²) in [5, 5.41) is 3.41. The third kappa shape index (κ3) is 6.24. The Morgan fingerprint density at radius 2 is 1.90 bits per heavy atom. The first-order valence-electron chi connectivity index (χ1n) is 8.82. The molecular weight excluding hydrogens is 411 g/mol. The first kappa shape index (κ1) is 23.3. The van der Waals surface area contributed by atoms with E-state index in [4.69, 9.17) is 23.0 Å². The second kappa shape index (κ2) is 9.67. The SMILES string of the molecule is Cc1ccc(C(=O)N/C(N)=C/C(=C\N)C(F)(F)F)cc1N(N)/C=C(\N)c1cccnc1. The molecule has 2 rings (SSSR count). The van der Waals surface area contributed by atoms with Crippen LogP contribution in [0.15, 0.2) is 72.6 Å². The van der Waals surface area contributed by atoms with Gasteiger partial charge in [-0.1, -0.05) is 6.07 Å². The molecular formula is C20H22F3N7O. The van der Waals surface area contributed by atoms with E-state index in [-0.39, 0.29) is 5.56 Å². The number of nitrogens with one attached hydrogen (secondary N) is 1. The van der Waals surface area contributed by atoms with Gasteiger partial charge in [-0.15, -0.1) is 0 Å². The van der Waals surface area contributed by atoms with Crippen molar-refractivity contribution in [2.75, 3.05) is 5.01 Å². The molecule has 8 nitrogen and oxygen atoms in total. The van der Waals surface area contributed by atoms with Crippen LogP contribution in [0, 0.1) is 6.92 Å². The van der Waals surface area contributed by atoms with E-state index in [2.05, 4.69) is 10.3 Å². The number of alkyl halides is 3. The maximum atomic E-state index is 12.8. The molecule has 9 N–H and O–H groups in total. The highest BCUT2D eigenvalue weighted by molar-refractivity contribution is 5.96. The maximum Gasteiger partial charge on any atom is 0.417 e. The average Bonchev–Trinajstić information content (AvgIpc) is 2.71. The molecule has 11 heteroatoms. The van der Waals surface area contributed by atoms with E-state index in [1.54, 1.807) is 37.5 Å². The monoisotopic (exact) mass is 433 g/mol. The van der Waals surface area contributed by atoms with Crippen molar-refractivity contribution >= 4 is 17.3 Å². The fourth-order valence-corrected chi connectivity index (χ4v) is 2.49. The summed E-state index contributed by atoms with van der Waals surface area (Å²) < 4.78 is 38.3. The van der Waals surface area contributed by atoms with Crippen molar-refractivity contribution in [3.63, 3.8) is 0 Å². The largest absolute Gasteiger partial charge is 0.417 e. The van der Waals surface area contributed by atoms with Gasteiger partial charge in [-0.2, -0.15) is 13.2 Å². The molecule has 31 heavy (non-hydrogen) atoms. The molecule has 0 aliphatic rings. The van der Waals surface area contributed by atoms with Crippen molar-refractivity contribution in [3.05, 3.63) is 89.3 Å². The zero-order valence-corrected chi connectivity index (χ0v) is 16.5. The van der Waals surface area contributed by atoms with E-state index in [0.717, 1.165) is 5.56 Å². The Labute approximate surface area is 176 Å². The number of nitrogens with zero attached hydrogens (tertiary/aromatic N) is 2. The van der Waals surface area contributed by atoms with Crippen LogP contribution in [0.3, 0.4) is 0 Å². The van der Waals surface area contributed by atoms with E-state index < -0.39 is 23.5 Å². The zero-order valence-electron chi connectivity index (χ0n) is 16.5. The second-order valence-corrected chi connectivity index (χ2v) is 6.41. The molecule has 0 unspecified atom stereocenters. The van der Waals surface area contributed by atoms with Crippen LogP contribution in [-0.2, 0) is 0 Å². The summed E-state index contributed by atoms with van der Waals surface area (Å²) in [6.07, 6.45) is 0.799. The number of amides is 1. The van der Waals surface area contributed by atoms with Gasteiger partial charge in [0.25, 0.3) is 5.91 Å². The fourth-order valence-electron chi connectivity index (χ4n) is 2.49. The minimum absolute atomic E-state index is 0.117. The van der Waals surface area contributed by atoms with Gasteiger partial charge in [0.15, 0.2) is 0 Å². The van der Waals surface area contributed by atoms with Crippen LogP contribution in [0.1, 0.15) is 21.5 Å². The molecule has 0 aliphatic heterocycles. The molecule has 1 amide bonds. The van der Waals surface area contributed by atoms with E-state index in [1.165, 1.54) is 23.3 Å². The number of allylic oxidation sites excluding steroid dienone is 2. The number of halogens is 3. The lowest BCUT2D eigenvalue weighted by atomic mass is 10.1. The van der Waals surface area contributed by atoms with Crippen molar-refractivity contribution in [2.45, 2.75) is 13.1 Å². The molecule has 0 radical (unpaired) electrons. The van der Waals surface area contributed by atoms with E-state index >= 15 is 0 Å². The van der Waals surface area contributed by atoms with Crippen LogP contribution in [0.4, 0.5) is 18.9 Å². The Hall–Kier alpha value is -3.99. The predicted molar refractivity (Wildman–Crippen MR) is 112 cm³/mol. The Morgan fingerprint density at radius 1 is 1.19 bits per heavy atom. The van der Waals surface area contributed by atoms with Gasteiger partial charge in [-0.25, -0.2) is 5.84 Å². The Balaban J connectivity index is 2.25. The minimum Gasteiger partial charge on any atom is -0.404 e. The van der Waals surface area contributed by atoms with E-state index in [9.17, 15) is 18.0 Å². The Kier molecular flexibility index (Phi) is 7.27. The highest BCUT2D eigenvalue weighted by atomic mass is 19.4. The summed E-state index contributed by atoms with van der Waals surface area (Å²) in [5.74, 6) is 4.83. The summed E-state index contributed by atoms with van der Waals surface area (Å²) in [6.45, 7) is 1.76.